The third kappa shape index (κ3) is 5.16. The fourth-order valence-corrected chi connectivity index (χ4v) is 5.90. The van der Waals surface area contributed by atoms with Gasteiger partial charge in [-0.3, -0.25) is 14.5 Å². The molecule has 0 unspecified atom stereocenters. The minimum Gasteiger partial charge on any atom is -0.378 e. The van der Waals surface area contributed by atoms with E-state index in [9.17, 15) is 18.0 Å². The Balaban J connectivity index is 1.54. The van der Waals surface area contributed by atoms with E-state index in [4.69, 9.17) is 4.18 Å². The highest BCUT2D eigenvalue weighted by Gasteiger charge is 2.35. The van der Waals surface area contributed by atoms with Crippen LogP contribution in [0.5, 0.6) is 5.75 Å². The van der Waals surface area contributed by atoms with Crippen molar-refractivity contribution in [2.75, 3.05) is 0 Å². The van der Waals surface area contributed by atoms with Crippen LogP contribution in [0.15, 0.2) is 94.7 Å². The lowest BCUT2D eigenvalue weighted by atomic mass is 10.0. The number of imide groups is 1. The standard InChI is InChI=1S/C29H23NO5S2/c1-19-10-13-23(14-11-19)37(33,34)35-26-15-12-22-8-3-4-9-24(22)25(26)17-27-28(31)30(29(32)36-27)18-21-7-5-6-20(2)16-21/h3-17H,18H2,1-2H3/b27-17-. The quantitative estimate of drug-likeness (QED) is 0.211. The molecule has 1 fully saturated rings. The summed E-state index contributed by atoms with van der Waals surface area (Å²) in [6, 6.07) is 24.7. The minimum atomic E-state index is -4.13. The van der Waals surface area contributed by atoms with Gasteiger partial charge < -0.3 is 4.18 Å². The van der Waals surface area contributed by atoms with Crippen molar-refractivity contribution in [3.8, 4) is 5.75 Å². The highest BCUT2D eigenvalue weighted by molar-refractivity contribution is 8.18. The number of fused-ring (bicyclic) bond motifs is 1. The van der Waals surface area contributed by atoms with Crippen LogP contribution in [-0.4, -0.2) is 24.5 Å². The first-order valence-corrected chi connectivity index (χ1v) is 13.8. The number of carbonyl (C=O) groups excluding carboxylic acids is 2. The molecule has 6 nitrogen and oxygen atoms in total. The van der Waals surface area contributed by atoms with Crippen molar-refractivity contribution in [2.45, 2.75) is 25.3 Å². The Morgan fingerprint density at radius 2 is 1.62 bits per heavy atom. The van der Waals surface area contributed by atoms with Gasteiger partial charge in [-0.25, -0.2) is 0 Å². The molecule has 0 atom stereocenters. The second kappa shape index (κ2) is 9.88. The van der Waals surface area contributed by atoms with Crippen molar-refractivity contribution in [3.05, 3.63) is 112 Å². The molecule has 8 heteroatoms. The fourth-order valence-electron chi connectivity index (χ4n) is 4.13. The zero-order valence-corrected chi connectivity index (χ0v) is 21.8. The summed E-state index contributed by atoms with van der Waals surface area (Å²) < 4.78 is 31.7. The van der Waals surface area contributed by atoms with Crippen molar-refractivity contribution in [2.24, 2.45) is 0 Å². The molecule has 0 radical (unpaired) electrons. The van der Waals surface area contributed by atoms with Crippen LogP contribution in [0.2, 0.25) is 0 Å². The topological polar surface area (TPSA) is 80.8 Å². The Kier molecular flexibility index (Phi) is 6.62. The van der Waals surface area contributed by atoms with Crippen molar-refractivity contribution in [1.29, 1.82) is 0 Å². The van der Waals surface area contributed by atoms with Gasteiger partial charge in [0.1, 0.15) is 4.90 Å². The van der Waals surface area contributed by atoms with Gasteiger partial charge in [0.25, 0.3) is 11.1 Å². The van der Waals surface area contributed by atoms with Gasteiger partial charge >= 0.3 is 10.1 Å². The van der Waals surface area contributed by atoms with Gasteiger partial charge in [0.15, 0.2) is 5.75 Å². The number of benzene rings is 4. The molecule has 0 bridgehead atoms. The van der Waals surface area contributed by atoms with Crippen molar-refractivity contribution in [3.63, 3.8) is 0 Å². The van der Waals surface area contributed by atoms with Crippen LogP contribution in [0, 0.1) is 13.8 Å². The molecule has 37 heavy (non-hydrogen) atoms. The van der Waals surface area contributed by atoms with Gasteiger partial charge in [-0.15, -0.1) is 0 Å². The first kappa shape index (κ1) is 24.8. The predicted molar refractivity (Wildman–Crippen MR) is 146 cm³/mol. The van der Waals surface area contributed by atoms with E-state index in [0.717, 1.165) is 33.8 Å². The van der Waals surface area contributed by atoms with Crippen LogP contribution in [0.25, 0.3) is 16.8 Å². The highest BCUT2D eigenvalue weighted by atomic mass is 32.2. The summed E-state index contributed by atoms with van der Waals surface area (Å²) in [4.78, 5) is 27.4. The molecule has 0 N–H and O–H groups in total. The molecule has 4 aromatic rings. The van der Waals surface area contributed by atoms with Crippen LogP contribution in [0.3, 0.4) is 0 Å². The van der Waals surface area contributed by atoms with E-state index in [2.05, 4.69) is 0 Å². The molecular weight excluding hydrogens is 506 g/mol. The summed E-state index contributed by atoms with van der Waals surface area (Å²) in [7, 11) is -4.13. The predicted octanol–water partition coefficient (Wildman–Crippen LogP) is 6.46. The summed E-state index contributed by atoms with van der Waals surface area (Å²) in [6.45, 7) is 3.97. The Bertz CT molecular complexity index is 1670. The Labute approximate surface area is 219 Å². The highest BCUT2D eigenvalue weighted by Crippen LogP contribution is 2.38. The van der Waals surface area contributed by atoms with Crippen LogP contribution < -0.4 is 4.18 Å². The number of hydrogen-bond donors (Lipinski definition) is 0. The summed E-state index contributed by atoms with van der Waals surface area (Å²) >= 11 is 0.827. The molecule has 0 spiro atoms. The maximum absolute atomic E-state index is 13.3. The lowest BCUT2D eigenvalue weighted by molar-refractivity contribution is -0.123. The summed E-state index contributed by atoms with van der Waals surface area (Å²) in [5.74, 6) is -0.360. The number of amides is 2. The van der Waals surface area contributed by atoms with Crippen molar-refractivity contribution in [1.82, 2.24) is 4.90 Å². The minimum absolute atomic E-state index is 0.0238. The molecular formula is C29H23NO5S2. The second-order valence-electron chi connectivity index (χ2n) is 8.81. The van der Waals surface area contributed by atoms with E-state index in [0.29, 0.717) is 10.9 Å². The molecule has 1 saturated heterocycles. The first-order valence-electron chi connectivity index (χ1n) is 11.5. The van der Waals surface area contributed by atoms with Crippen LogP contribution in [0.4, 0.5) is 4.79 Å². The number of rotatable bonds is 6. The van der Waals surface area contributed by atoms with Gasteiger partial charge in [-0.2, -0.15) is 8.42 Å². The largest absolute Gasteiger partial charge is 0.378 e. The zero-order chi connectivity index (χ0) is 26.2. The summed E-state index contributed by atoms with van der Waals surface area (Å²) in [6.07, 6.45) is 1.55. The molecule has 0 aromatic heterocycles. The monoisotopic (exact) mass is 529 g/mol. The molecule has 2 amide bonds. The molecule has 1 aliphatic rings. The number of carbonyl (C=O) groups is 2. The molecule has 1 heterocycles. The third-order valence-corrected chi connectivity index (χ3v) is 8.17. The molecule has 0 aliphatic carbocycles. The average molecular weight is 530 g/mol. The fraction of sp³-hybridized carbons (Fsp3) is 0.103. The normalized spacial score (nSPS) is 15.1. The van der Waals surface area contributed by atoms with E-state index in [1.807, 2.05) is 62.4 Å². The third-order valence-electron chi connectivity index (χ3n) is 6.01. The van der Waals surface area contributed by atoms with Crippen molar-refractivity contribution < 1.29 is 22.2 Å². The maximum Gasteiger partial charge on any atom is 0.339 e. The Hall–Kier alpha value is -3.88. The van der Waals surface area contributed by atoms with Crippen LogP contribution in [-0.2, 0) is 21.5 Å². The molecule has 4 aromatic carbocycles. The summed E-state index contributed by atoms with van der Waals surface area (Å²) in [5.41, 5.74) is 3.22. The maximum atomic E-state index is 13.3. The van der Waals surface area contributed by atoms with E-state index in [1.165, 1.54) is 17.0 Å². The first-order chi connectivity index (χ1) is 17.7. The number of thioether (sulfide) groups is 1. The SMILES string of the molecule is Cc1ccc(S(=O)(=O)Oc2ccc3ccccc3c2/C=C2\SC(=O)N(Cc3cccc(C)c3)C2=O)cc1. The average Bonchev–Trinajstić information content (AvgIpc) is 3.13. The van der Waals surface area contributed by atoms with Gasteiger partial charge in [-0.1, -0.05) is 77.9 Å². The van der Waals surface area contributed by atoms with E-state index < -0.39 is 16.0 Å². The van der Waals surface area contributed by atoms with E-state index >= 15 is 0 Å². The van der Waals surface area contributed by atoms with E-state index in [-0.39, 0.29) is 27.3 Å². The molecule has 1 aliphatic heterocycles. The number of hydrogen-bond acceptors (Lipinski definition) is 6. The molecule has 5 rings (SSSR count). The Morgan fingerprint density at radius 3 is 2.38 bits per heavy atom. The smallest absolute Gasteiger partial charge is 0.339 e. The van der Waals surface area contributed by atoms with Gasteiger partial charge in [0.2, 0.25) is 0 Å². The van der Waals surface area contributed by atoms with Crippen molar-refractivity contribution >= 4 is 49.9 Å². The lowest BCUT2D eigenvalue weighted by Gasteiger charge is -2.14. The number of aryl methyl sites for hydroxylation is 2. The van der Waals surface area contributed by atoms with Crippen LogP contribution in [0.1, 0.15) is 22.3 Å². The second-order valence-corrected chi connectivity index (χ2v) is 11.3. The Morgan fingerprint density at radius 1 is 0.865 bits per heavy atom. The molecule has 0 saturated carbocycles. The van der Waals surface area contributed by atoms with Gasteiger partial charge in [0, 0.05) is 5.56 Å². The zero-order valence-electron chi connectivity index (χ0n) is 20.2. The number of nitrogens with zero attached hydrogens (tertiary/aromatic N) is 1. The van der Waals surface area contributed by atoms with Gasteiger partial charge in [0.05, 0.1) is 11.4 Å². The van der Waals surface area contributed by atoms with Gasteiger partial charge in [-0.05, 0) is 66.2 Å². The van der Waals surface area contributed by atoms with E-state index in [1.54, 1.807) is 30.3 Å². The van der Waals surface area contributed by atoms with Crippen LogP contribution >= 0.6 is 11.8 Å². The molecule has 186 valence electrons. The summed E-state index contributed by atoms with van der Waals surface area (Å²) in [5, 5.41) is 1.16. The lowest BCUT2D eigenvalue weighted by Crippen LogP contribution is -2.27.